The van der Waals surface area contributed by atoms with Crippen LogP contribution in [0.25, 0.3) is 11.3 Å². The van der Waals surface area contributed by atoms with Crippen molar-refractivity contribution >= 4 is 11.6 Å². The summed E-state index contributed by atoms with van der Waals surface area (Å²) in [5, 5.41) is 10.8. The highest BCUT2D eigenvalue weighted by Gasteiger charge is 2.39. The molecule has 5 rings (SSSR count). The molecule has 2 saturated carbocycles. The number of hydrogen-bond acceptors (Lipinski definition) is 4. The summed E-state index contributed by atoms with van der Waals surface area (Å²) in [6.07, 6.45) is 9.45. The fourth-order valence-corrected chi connectivity index (χ4v) is 3.99. The number of H-pyrrole nitrogens is 1. The lowest BCUT2D eigenvalue weighted by atomic mass is 9.91. The van der Waals surface area contributed by atoms with Crippen molar-refractivity contribution < 1.29 is 9.53 Å². The molecule has 6 nitrogen and oxygen atoms in total. The Labute approximate surface area is 152 Å². The Hall–Kier alpha value is -2.37. The number of rotatable bonds is 4. The van der Waals surface area contributed by atoms with Crippen molar-refractivity contribution in [1.82, 2.24) is 15.4 Å². The van der Waals surface area contributed by atoms with Crippen molar-refractivity contribution in [3.05, 3.63) is 23.9 Å². The number of carbonyl (C=O) groups is 1. The Balaban J connectivity index is 1.61. The molecule has 0 bridgehead atoms. The second-order valence-electron chi connectivity index (χ2n) is 7.84. The molecule has 136 valence electrons. The second-order valence-corrected chi connectivity index (χ2v) is 7.84. The largest absolute Gasteiger partial charge is 0.489 e. The lowest BCUT2D eigenvalue weighted by molar-refractivity contribution is -0.120. The van der Waals surface area contributed by atoms with Crippen molar-refractivity contribution in [2.75, 3.05) is 4.90 Å². The normalized spacial score (nSPS) is 22.7. The van der Waals surface area contributed by atoms with Crippen molar-refractivity contribution in [2.24, 2.45) is 5.92 Å². The van der Waals surface area contributed by atoms with E-state index < -0.39 is 0 Å². The van der Waals surface area contributed by atoms with E-state index in [-0.39, 0.29) is 24.0 Å². The molecule has 26 heavy (non-hydrogen) atoms. The zero-order chi connectivity index (χ0) is 17.7. The highest BCUT2D eigenvalue weighted by Crippen LogP contribution is 2.45. The fourth-order valence-electron chi connectivity index (χ4n) is 3.99. The van der Waals surface area contributed by atoms with Crippen LogP contribution in [0.5, 0.6) is 5.75 Å². The SMILES string of the molecule is CC1CCc2c(ccc(-c3c[nH]nn3)c2OC2CCC2)N1C(=O)C1CC1. The number of fused-ring (bicyclic) bond motifs is 1. The molecule has 1 unspecified atom stereocenters. The predicted molar refractivity (Wildman–Crippen MR) is 98.1 cm³/mol. The average molecular weight is 352 g/mol. The van der Waals surface area contributed by atoms with E-state index >= 15 is 0 Å². The smallest absolute Gasteiger partial charge is 0.230 e. The molecule has 0 saturated heterocycles. The summed E-state index contributed by atoms with van der Waals surface area (Å²) in [6, 6.07) is 4.35. The Bertz CT molecular complexity index is 825. The van der Waals surface area contributed by atoms with E-state index in [9.17, 15) is 4.79 Å². The van der Waals surface area contributed by atoms with Gasteiger partial charge in [0.1, 0.15) is 11.4 Å². The summed E-state index contributed by atoms with van der Waals surface area (Å²) in [7, 11) is 0. The van der Waals surface area contributed by atoms with Crippen LogP contribution < -0.4 is 9.64 Å². The minimum Gasteiger partial charge on any atom is -0.489 e. The molecule has 2 heterocycles. The average Bonchev–Trinajstić information content (AvgIpc) is 3.32. The quantitative estimate of drug-likeness (QED) is 0.914. The number of nitrogens with zero attached hydrogens (tertiary/aromatic N) is 3. The van der Waals surface area contributed by atoms with E-state index in [0.717, 1.165) is 66.8 Å². The van der Waals surface area contributed by atoms with Crippen LogP contribution in [0.2, 0.25) is 0 Å². The van der Waals surface area contributed by atoms with Gasteiger partial charge in [-0.05, 0) is 64.0 Å². The van der Waals surface area contributed by atoms with Crippen LogP contribution in [0.1, 0.15) is 51.0 Å². The van der Waals surface area contributed by atoms with E-state index in [1.54, 1.807) is 6.20 Å². The van der Waals surface area contributed by atoms with Crippen LogP contribution in [0.3, 0.4) is 0 Å². The molecule has 2 aromatic rings. The van der Waals surface area contributed by atoms with Gasteiger partial charge in [0.2, 0.25) is 5.91 Å². The predicted octanol–water partition coefficient (Wildman–Crippen LogP) is 3.48. The number of benzene rings is 1. The maximum atomic E-state index is 12.9. The summed E-state index contributed by atoms with van der Waals surface area (Å²) in [6.45, 7) is 2.15. The number of nitrogens with one attached hydrogen (secondary N) is 1. The van der Waals surface area contributed by atoms with Crippen LogP contribution in [0.15, 0.2) is 18.3 Å². The van der Waals surface area contributed by atoms with Gasteiger partial charge in [-0.15, -0.1) is 5.10 Å². The Morgan fingerprint density at radius 2 is 2.08 bits per heavy atom. The second kappa shape index (κ2) is 6.11. The summed E-state index contributed by atoms with van der Waals surface area (Å²) < 4.78 is 6.42. The monoisotopic (exact) mass is 352 g/mol. The molecule has 2 aliphatic carbocycles. The van der Waals surface area contributed by atoms with Gasteiger partial charge >= 0.3 is 0 Å². The minimum absolute atomic E-state index is 0.217. The number of anilines is 1. The third kappa shape index (κ3) is 2.59. The standard InChI is InChI=1S/C20H24N4O2/c1-12-5-8-16-18(24(12)20(25)13-6-7-13)10-9-15(17-11-21-23-22-17)19(16)26-14-3-2-4-14/h9-14H,2-8H2,1H3,(H,21,22,23). The Morgan fingerprint density at radius 3 is 2.73 bits per heavy atom. The zero-order valence-electron chi connectivity index (χ0n) is 15.1. The van der Waals surface area contributed by atoms with E-state index in [2.05, 4.69) is 28.4 Å². The van der Waals surface area contributed by atoms with Gasteiger partial charge in [0.05, 0.1) is 18.0 Å². The van der Waals surface area contributed by atoms with Gasteiger partial charge in [-0.2, -0.15) is 0 Å². The van der Waals surface area contributed by atoms with Crippen molar-refractivity contribution in [3.63, 3.8) is 0 Å². The van der Waals surface area contributed by atoms with Crippen LogP contribution in [-0.2, 0) is 11.2 Å². The zero-order valence-corrected chi connectivity index (χ0v) is 15.1. The number of amides is 1. The highest BCUT2D eigenvalue weighted by molar-refractivity contribution is 5.99. The molecule has 1 amide bonds. The number of carbonyl (C=O) groups excluding carboxylic acids is 1. The van der Waals surface area contributed by atoms with Gasteiger partial charge in [0, 0.05) is 23.1 Å². The van der Waals surface area contributed by atoms with E-state index in [4.69, 9.17) is 4.74 Å². The third-order valence-electron chi connectivity index (χ3n) is 5.94. The summed E-state index contributed by atoms with van der Waals surface area (Å²) in [4.78, 5) is 14.9. The van der Waals surface area contributed by atoms with E-state index in [1.165, 1.54) is 6.42 Å². The van der Waals surface area contributed by atoms with E-state index in [1.807, 2.05) is 11.0 Å². The lowest BCUT2D eigenvalue weighted by Gasteiger charge is -2.38. The van der Waals surface area contributed by atoms with Crippen molar-refractivity contribution in [2.45, 2.75) is 64.0 Å². The molecule has 2 fully saturated rings. The van der Waals surface area contributed by atoms with Gasteiger partial charge in [-0.25, -0.2) is 0 Å². The molecular weight excluding hydrogens is 328 g/mol. The molecule has 1 N–H and O–H groups in total. The molecule has 1 aromatic carbocycles. The third-order valence-corrected chi connectivity index (χ3v) is 5.94. The van der Waals surface area contributed by atoms with E-state index in [0.29, 0.717) is 0 Å². The molecular formula is C20H24N4O2. The number of ether oxygens (including phenoxy) is 1. The fraction of sp³-hybridized carbons (Fsp3) is 0.550. The Morgan fingerprint density at radius 1 is 1.23 bits per heavy atom. The maximum absolute atomic E-state index is 12.9. The first kappa shape index (κ1) is 15.9. The first-order chi connectivity index (χ1) is 12.7. The molecule has 3 aliphatic rings. The van der Waals surface area contributed by atoms with Crippen LogP contribution in [0, 0.1) is 5.92 Å². The van der Waals surface area contributed by atoms with Gasteiger partial charge in [-0.3, -0.25) is 9.89 Å². The first-order valence-electron chi connectivity index (χ1n) is 9.75. The van der Waals surface area contributed by atoms with Gasteiger partial charge < -0.3 is 9.64 Å². The van der Waals surface area contributed by atoms with Crippen LogP contribution in [0.4, 0.5) is 5.69 Å². The molecule has 6 heteroatoms. The van der Waals surface area contributed by atoms with Crippen LogP contribution in [-0.4, -0.2) is 33.5 Å². The maximum Gasteiger partial charge on any atom is 0.230 e. The van der Waals surface area contributed by atoms with Gasteiger partial charge in [-0.1, -0.05) is 5.21 Å². The minimum atomic E-state index is 0.217. The topological polar surface area (TPSA) is 71.1 Å². The number of aromatic amines is 1. The molecule has 1 aromatic heterocycles. The first-order valence-corrected chi connectivity index (χ1v) is 9.75. The summed E-state index contributed by atoms with van der Waals surface area (Å²) in [5.74, 6) is 1.40. The highest BCUT2D eigenvalue weighted by atomic mass is 16.5. The summed E-state index contributed by atoms with van der Waals surface area (Å²) >= 11 is 0. The number of hydrogen-bond donors (Lipinski definition) is 1. The Kier molecular flexibility index (Phi) is 3.72. The van der Waals surface area contributed by atoms with Crippen LogP contribution >= 0.6 is 0 Å². The number of aromatic nitrogens is 3. The molecule has 1 atom stereocenters. The molecule has 1 aliphatic heterocycles. The van der Waals surface area contributed by atoms with Crippen molar-refractivity contribution in [1.29, 1.82) is 0 Å². The van der Waals surface area contributed by atoms with Gasteiger partial charge in [0.25, 0.3) is 0 Å². The summed E-state index contributed by atoms with van der Waals surface area (Å²) in [5.41, 5.74) is 3.95. The molecule has 0 radical (unpaired) electrons. The van der Waals surface area contributed by atoms with Crippen molar-refractivity contribution in [3.8, 4) is 17.0 Å². The van der Waals surface area contributed by atoms with Gasteiger partial charge in [0.15, 0.2) is 0 Å². The molecule has 0 spiro atoms. The lowest BCUT2D eigenvalue weighted by Crippen LogP contribution is -2.43.